The molecule has 0 unspecified atom stereocenters. The Kier molecular flexibility index (Phi) is 5.90. The lowest BCUT2D eigenvalue weighted by molar-refractivity contribution is 0.101. The molecule has 2 heterocycles. The van der Waals surface area contributed by atoms with Gasteiger partial charge in [0.2, 0.25) is 5.88 Å². The van der Waals surface area contributed by atoms with E-state index in [-0.39, 0.29) is 11.8 Å². The first-order valence-electron chi connectivity index (χ1n) is 8.94. The van der Waals surface area contributed by atoms with Crippen LogP contribution in [0.25, 0.3) is 0 Å². The molecule has 0 saturated carbocycles. The van der Waals surface area contributed by atoms with Crippen molar-refractivity contribution in [2.45, 2.75) is 13.5 Å². The largest absolute Gasteiger partial charge is 0.481 e. The van der Waals surface area contributed by atoms with Gasteiger partial charge >= 0.3 is 6.03 Å². The number of benzene rings is 1. The lowest BCUT2D eigenvalue weighted by Crippen LogP contribution is -2.51. The van der Waals surface area contributed by atoms with E-state index in [1.807, 2.05) is 35.2 Å². The molecule has 142 valence electrons. The van der Waals surface area contributed by atoms with E-state index in [1.54, 1.807) is 26.3 Å². The second-order valence-electron chi connectivity index (χ2n) is 6.44. The average Bonchev–Trinajstić information content (AvgIpc) is 2.72. The number of Topliss-reactive ketones (excluding diaryl/α,β-unsaturated/α-hetero) is 1. The van der Waals surface area contributed by atoms with E-state index in [0.29, 0.717) is 31.1 Å². The minimum absolute atomic E-state index is 0.0649. The zero-order chi connectivity index (χ0) is 19.2. The van der Waals surface area contributed by atoms with Gasteiger partial charge in [-0.2, -0.15) is 0 Å². The summed E-state index contributed by atoms with van der Waals surface area (Å²) in [4.78, 5) is 31.9. The van der Waals surface area contributed by atoms with Crippen LogP contribution in [0.1, 0.15) is 22.8 Å². The van der Waals surface area contributed by atoms with Crippen molar-refractivity contribution in [1.29, 1.82) is 0 Å². The number of hydrogen-bond acceptors (Lipinski definition) is 5. The topological polar surface area (TPSA) is 74.8 Å². The van der Waals surface area contributed by atoms with Crippen molar-refractivity contribution < 1.29 is 14.3 Å². The normalized spacial score (nSPS) is 14.0. The fourth-order valence-electron chi connectivity index (χ4n) is 3.00. The molecular formula is C20H24N4O3. The summed E-state index contributed by atoms with van der Waals surface area (Å²) in [7, 11) is 1.57. The summed E-state index contributed by atoms with van der Waals surface area (Å²) < 4.78 is 5.03. The molecular weight excluding hydrogens is 344 g/mol. The number of hydrogen-bond donors (Lipinski definition) is 1. The van der Waals surface area contributed by atoms with E-state index in [4.69, 9.17) is 4.74 Å². The molecule has 3 rings (SSSR count). The van der Waals surface area contributed by atoms with Crippen LogP contribution in [0.2, 0.25) is 0 Å². The van der Waals surface area contributed by atoms with Crippen LogP contribution >= 0.6 is 0 Å². The number of amides is 2. The second kappa shape index (κ2) is 8.53. The summed E-state index contributed by atoms with van der Waals surface area (Å²) in [6, 6.07) is 11.2. The van der Waals surface area contributed by atoms with Crippen molar-refractivity contribution >= 4 is 17.5 Å². The summed E-state index contributed by atoms with van der Waals surface area (Å²) in [6.07, 6.45) is 1.70. The number of urea groups is 1. The molecule has 1 aromatic heterocycles. The summed E-state index contributed by atoms with van der Waals surface area (Å²) >= 11 is 0. The second-order valence-corrected chi connectivity index (χ2v) is 6.44. The molecule has 0 bridgehead atoms. The molecule has 1 fully saturated rings. The first-order chi connectivity index (χ1) is 13.1. The fraction of sp³-hybridized carbons (Fsp3) is 0.350. The molecule has 7 nitrogen and oxygen atoms in total. The highest BCUT2D eigenvalue weighted by Gasteiger charge is 2.21. The molecule has 1 aliphatic heterocycles. The van der Waals surface area contributed by atoms with Crippen LogP contribution in [0.4, 0.5) is 10.5 Å². The van der Waals surface area contributed by atoms with E-state index in [0.717, 1.165) is 24.3 Å². The SMILES string of the molecule is COc1ccc(CNC(=O)N2CCN(c3ccc(C(C)=O)cc3)CC2)cn1. The van der Waals surface area contributed by atoms with E-state index in [2.05, 4.69) is 15.2 Å². The molecule has 0 radical (unpaired) electrons. The van der Waals surface area contributed by atoms with Crippen molar-refractivity contribution in [1.82, 2.24) is 15.2 Å². The predicted octanol–water partition coefficient (Wildman–Crippen LogP) is 2.32. The highest BCUT2D eigenvalue weighted by Crippen LogP contribution is 2.18. The van der Waals surface area contributed by atoms with Gasteiger partial charge in [-0.3, -0.25) is 4.79 Å². The van der Waals surface area contributed by atoms with E-state index < -0.39 is 0 Å². The van der Waals surface area contributed by atoms with Crippen molar-refractivity contribution in [3.63, 3.8) is 0 Å². The van der Waals surface area contributed by atoms with Crippen LogP contribution in [-0.4, -0.2) is 55.0 Å². The lowest BCUT2D eigenvalue weighted by Gasteiger charge is -2.36. The van der Waals surface area contributed by atoms with Crippen LogP contribution in [0.3, 0.4) is 0 Å². The summed E-state index contributed by atoms with van der Waals surface area (Å²) in [5.41, 5.74) is 2.71. The van der Waals surface area contributed by atoms with Crippen molar-refractivity contribution in [3.8, 4) is 5.88 Å². The van der Waals surface area contributed by atoms with E-state index in [9.17, 15) is 9.59 Å². The third-order valence-electron chi connectivity index (χ3n) is 4.66. The predicted molar refractivity (Wildman–Crippen MR) is 103 cm³/mol. The molecule has 0 spiro atoms. The summed E-state index contributed by atoms with van der Waals surface area (Å²) in [5.74, 6) is 0.618. The number of aromatic nitrogens is 1. The van der Waals surface area contributed by atoms with Crippen LogP contribution < -0.4 is 15.0 Å². The smallest absolute Gasteiger partial charge is 0.317 e. The number of ether oxygens (including phenoxy) is 1. The molecule has 2 amide bonds. The molecule has 27 heavy (non-hydrogen) atoms. The van der Waals surface area contributed by atoms with Gasteiger partial charge < -0.3 is 19.9 Å². The number of nitrogens with one attached hydrogen (secondary N) is 1. The molecule has 1 aromatic carbocycles. The molecule has 0 aliphatic carbocycles. The Morgan fingerprint density at radius 2 is 1.78 bits per heavy atom. The number of anilines is 1. The maximum atomic E-state index is 12.4. The third-order valence-corrected chi connectivity index (χ3v) is 4.66. The van der Waals surface area contributed by atoms with Crippen molar-refractivity contribution in [2.24, 2.45) is 0 Å². The third kappa shape index (κ3) is 4.75. The number of nitrogens with zero attached hydrogens (tertiary/aromatic N) is 3. The number of ketones is 1. The zero-order valence-corrected chi connectivity index (χ0v) is 15.6. The Morgan fingerprint density at radius 1 is 1.07 bits per heavy atom. The van der Waals surface area contributed by atoms with E-state index in [1.165, 1.54) is 0 Å². The molecule has 2 aromatic rings. The maximum Gasteiger partial charge on any atom is 0.317 e. The average molecular weight is 368 g/mol. The number of methoxy groups -OCH3 is 1. The molecule has 0 atom stereocenters. The lowest BCUT2D eigenvalue weighted by atomic mass is 10.1. The van der Waals surface area contributed by atoms with Crippen LogP contribution in [0.5, 0.6) is 5.88 Å². The molecule has 1 N–H and O–H groups in total. The van der Waals surface area contributed by atoms with Crippen LogP contribution in [0, 0.1) is 0 Å². The molecule has 1 saturated heterocycles. The highest BCUT2D eigenvalue weighted by molar-refractivity contribution is 5.94. The summed E-state index contributed by atoms with van der Waals surface area (Å²) in [6.45, 7) is 4.83. The van der Waals surface area contributed by atoms with Gasteiger partial charge in [0.15, 0.2) is 5.78 Å². The minimum atomic E-state index is -0.0719. The molecule has 7 heteroatoms. The first-order valence-corrected chi connectivity index (χ1v) is 8.94. The standard InChI is InChI=1S/C20H24N4O3/c1-15(25)17-4-6-18(7-5-17)23-9-11-24(12-10-23)20(26)22-14-16-3-8-19(27-2)21-13-16/h3-8,13H,9-12,14H2,1-2H3,(H,22,26). The van der Waals surface area contributed by atoms with E-state index >= 15 is 0 Å². The number of rotatable bonds is 5. The van der Waals surface area contributed by atoms with Gasteiger partial charge in [0.1, 0.15) is 0 Å². The zero-order valence-electron chi connectivity index (χ0n) is 15.6. The minimum Gasteiger partial charge on any atom is -0.481 e. The van der Waals surface area contributed by atoms with Gasteiger partial charge in [0.25, 0.3) is 0 Å². The van der Waals surface area contributed by atoms with Crippen molar-refractivity contribution in [2.75, 3.05) is 38.2 Å². The van der Waals surface area contributed by atoms with Gasteiger partial charge in [0, 0.05) is 56.2 Å². The number of carbonyl (C=O) groups is 2. The first kappa shape index (κ1) is 18.7. The fourth-order valence-corrected chi connectivity index (χ4v) is 3.00. The number of piperazine rings is 1. The molecule has 1 aliphatic rings. The monoisotopic (exact) mass is 368 g/mol. The highest BCUT2D eigenvalue weighted by atomic mass is 16.5. The summed E-state index contributed by atoms with van der Waals surface area (Å²) in [5, 5.41) is 2.93. The van der Waals surface area contributed by atoms with Gasteiger partial charge in [-0.1, -0.05) is 6.07 Å². The van der Waals surface area contributed by atoms with Gasteiger partial charge in [0.05, 0.1) is 7.11 Å². The maximum absolute atomic E-state index is 12.4. The Morgan fingerprint density at radius 3 is 2.33 bits per heavy atom. The Bertz CT molecular complexity index is 782. The van der Waals surface area contributed by atoms with Crippen LogP contribution in [0.15, 0.2) is 42.6 Å². The Hall–Kier alpha value is -3.09. The number of carbonyl (C=O) groups excluding carboxylic acids is 2. The van der Waals surface area contributed by atoms with Gasteiger partial charge in [-0.15, -0.1) is 0 Å². The van der Waals surface area contributed by atoms with Gasteiger partial charge in [-0.25, -0.2) is 9.78 Å². The quantitative estimate of drug-likeness (QED) is 0.820. The van der Waals surface area contributed by atoms with Crippen LogP contribution in [-0.2, 0) is 6.54 Å². The van der Waals surface area contributed by atoms with Gasteiger partial charge in [-0.05, 0) is 36.8 Å². The van der Waals surface area contributed by atoms with Crippen molar-refractivity contribution in [3.05, 3.63) is 53.7 Å². The number of pyridine rings is 1. The Labute approximate surface area is 158 Å². The Balaban J connectivity index is 1.47.